The predicted molar refractivity (Wildman–Crippen MR) is 148 cm³/mol. The van der Waals surface area contributed by atoms with Crippen LogP contribution in [0.1, 0.15) is 44.6 Å². The summed E-state index contributed by atoms with van der Waals surface area (Å²) < 4.78 is 36.1. The fraction of sp³-hybridized carbons (Fsp3) is 0.448. The van der Waals surface area contributed by atoms with E-state index in [1.54, 1.807) is 17.0 Å². The van der Waals surface area contributed by atoms with Crippen molar-refractivity contribution in [2.45, 2.75) is 56.4 Å². The van der Waals surface area contributed by atoms with E-state index in [9.17, 15) is 18.0 Å². The number of hydrogen-bond acceptors (Lipinski definition) is 5. The summed E-state index contributed by atoms with van der Waals surface area (Å²) in [6.45, 7) is 2.63. The maximum atomic E-state index is 13.2. The van der Waals surface area contributed by atoms with Crippen LogP contribution in [0, 0.1) is 5.92 Å². The molecule has 1 aromatic heterocycles. The summed E-state index contributed by atoms with van der Waals surface area (Å²) in [5.41, 5.74) is 3.86. The Hall–Kier alpha value is -3.17. The highest BCUT2D eigenvalue weighted by atomic mass is 32.2. The molecule has 0 radical (unpaired) electrons. The molecule has 0 atom stereocenters. The zero-order valence-corrected chi connectivity index (χ0v) is 23.4. The Balaban J connectivity index is 1.46. The standard InChI is InChI=1S/C29H37N3O5S/c1-5-31(2)29(34)22-11-14-24(15-12-22)30-38(35,36)25-16-13-23-18-26(32(3)27(23)19-25)21-9-6-20(7-10-21)8-17-28(33)37-4/h6-7,9-10,13,16,18-19,22,24,30H,5,8,11-12,14-15,17H2,1-4H3. The van der Waals surface area contributed by atoms with E-state index in [0.717, 1.165) is 27.7 Å². The number of methoxy groups -OCH3 is 1. The zero-order valence-electron chi connectivity index (χ0n) is 22.6. The Morgan fingerprint density at radius 1 is 1.05 bits per heavy atom. The topological polar surface area (TPSA) is 97.7 Å². The van der Waals surface area contributed by atoms with Gasteiger partial charge in [-0.2, -0.15) is 0 Å². The molecule has 1 aliphatic rings. The van der Waals surface area contributed by atoms with Gasteiger partial charge in [-0.25, -0.2) is 13.1 Å². The van der Waals surface area contributed by atoms with Crippen LogP contribution in [0.25, 0.3) is 22.2 Å². The van der Waals surface area contributed by atoms with Gasteiger partial charge in [0.1, 0.15) is 0 Å². The van der Waals surface area contributed by atoms with Crippen molar-refractivity contribution in [1.82, 2.24) is 14.2 Å². The molecule has 1 N–H and O–H groups in total. The minimum atomic E-state index is -3.70. The van der Waals surface area contributed by atoms with Gasteiger partial charge in [0.25, 0.3) is 0 Å². The van der Waals surface area contributed by atoms with Gasteiger partial charge in [-0.05, 0) is 68.4 Å². The molecule has 0 unspecified atom stereocenters. The number of aryl methyl sites for hydroxylation is 2. The lowest BCUT2D eigenvalue weighted by Gasteiger charge is -2.30. The fourth-order valence-corrected chi connectivity index (χ4v) is 6.48. The van der Waals surface area contributed by atoms with Gasteiger partial charge < -0.3 is 14.2 Å². The van der Waals surface area contributed by atoms with E-state index < -0.39 is 10.0 Å². The van der Waals surface area contributed by atoms with Gasteiger partial charge in [0, 0.05) is 55.6 Å². The Morgan fingerprint density at radius 3 is 2.37 bits per heavy atom. The summed E-state index contributed by atoms with van der Waals surface area (Å²) >= 11 is 0. The van der Waals surface area contributed by atoms with Crippen molar-refractivity contribution in [3.63, 3.8) is 0 Å². The lowest BCUT2D eigenvalue weighted by atomic mass is 9.85. The van der Waals surface area contributed by atoms with Crippen LogP contribution >= 0.6 is 0 Å². The number of hydrogen-bond donors (Lipinski definition) is 1. The molecular weight excluding hydrogens is 502 g/mol. The highest BCUT2D eigenvalue weighted by molar-refractivity contribution is 7.89. The number of esters is 1. The molecule has 9 heteroatoms. The zero-order chi connectivity index (χ0) is 27.4. The van der Waals surface area contributed by atoms with Gasteiger partial charge in [-0.3, -0.25) is 9.59 Å². The Morgan fingerprint density at radius 2 is 1.74 bits per heavy atom. The maximum absolute atomic E-state index is 13.2. The van der Waals surface area contributed by atoms with Crippen molar-refractivity contribution < 1.29 is 22.7 Å². The number of carbonyl (C=O) groups excluding carboxylic acids is 2. The number of ether oxygens (including phenoxy) is 1. The van der Waals surface area contributed by atoms with Crippen molar-refractivity contribution in [3.05, 3.63) is 54.1 Å². The van der Waals surface area contributed by atoms with Crippen LogP contribution in [-0.2, 0) is 37.8 Å². The fourth-order valence-electron chi connectivity index (χ4n) is 5.16. The van der Waals surface area contributed by atoms with E-state index >= 15 is 0 Å². The minimum Gasteiger partial charge on any atom is -0.469 e. The van der Waals surface area contributed by atoms with E-state index in [4.69, 9.17) is 4.74 Å². The van der Waals surface area contributed by atoms with Crippen LogP contribution in [0.3, 0.4) is 0 Å². The summed E-state index contributed by atoms with van der Waals surface area (Å²) in [7, 11) is 1.43. The maximum Gasteiger partial charge on any atom is 0.305 e. The second-order valence-electron chi connectivity index (χ2n) is 10.1. The number of aromatic nitrogens is 1. The van der Waals surface area contributed by atoms with Crippen LogP contribution in [0.15, 0.2) is 53.4 Å². The average molecular weight is 540 g/mol. The van der Waals surface area contributed by atoms with Crippen LogP contribution in [0.5, 0.6) is 0 Å². The lowest BCUT2D eigenvalue weighted by Crippen LogP contribution is -2.41. The molecule has 0 saturated heterocycles. The number of nitrogens with zero attached hydrogens (tertiary/aromatic N) is 2. The highest BCUT2D eigenvalue weighted by Crippen LogP contribution is 2.31. The van der Waals surface area contributed by atoms with E-state index in [1.165, 1.54) is 7.11 Å². The summed E-state index contributed by atoms with van der Waals surface area (Å²) in [6.07, 6.45) is 3.64. The third kappa shape index (κ3) is 6.10. The predicted octanol–water partition coefficient (Wildman–Crippen LogP) is 4.27. The quantitative estimate of drug-likeness (QED) is 0.410. The normalized spacial score (nSPS) is 17.9. The molecule has 4 rings (SSSR count). The first-order valence-electron chi connectivity index (χ1n) is 13.2. The molecule has 1 saturated carbocycles. The number of nitrogens with one attached hydrogen (secondary N) is 1. The van der Waals surface area contributed by atoms with Crippen LogP contribution < -0.4 is 4.72 Å². The molecule has 0 spiro atoms. The summed E-state index contributed by atoms with van der Waals surface area (Å²) in [6, 6.07) is 15.1. The van der Waals surface area contributed by atoms with Gasteiger partial charge in [0.05, 0.1) is 12.0 Å². The molecule has 1 fully saturated rings. The third-order valence-corrected chi connectivity index (χ3v) is 9.19. The molecule has 204 valence electrons. The summed E-state index contributed by atoms with van der Waals surface area (Å²) in [5, 5.41) is 0.954. The van der Waals surface area contributed by atoms with Gasteiger partial charge in [0.15, 0.2) is 0 Å². The van der Waals surface area contributed by atoms with E-state index in [0.29, 0.717) is 45.1 Å². The number of sulfonamides is 1. The number of amides is 1. The van der Waals surface area contributed by atoms with E-state index in [1.807, 2.05) is 62.0 Å². The van der Waals surface area contributed by atoms with Gasteiger partial charge >= 0.3 is 5.97 Å². The van der Waals surface area contributed by atoms with E-state index in [2.05, 4.69) is 4.72 Å². The number of rotatable bonds is 9. The average Bonchev–Trinajstić information content (AvgIpc) is 3.26. The first-order chi connectivity index (χ1) is 18.1. The van der Waals surface area contributed by atoms with Crippen LogP contribution in [-0.4, -0.2) is 56.5 Å². The molecular formula is C29H37N3O5S. The molecule has 8 nitrogen and oxygen atoms in total. The lowest BCUT2D eigenvalue weighted by molar-refractivity contribution is -0.140. The molecule has 1 amide bonds. The molecule has 38 heavy (non-hydrogen) atoms. The van der Waals surface area contributed by atoms with Crippen molar-refractivity contribution in [2.24, 2.45) is 13.0 Å². The molecule has 3 aromatic rings. The van der Waals surface area contributed by atoms with Crippen LogP contribution in [0.2, 0.25) is 0 Å². The molecule has 0 aliphatic heterocycles. The number of benzene rings is 2. The second-order valence-corrected chi connectivity index (χ2v) is 11.8. The largest absolute Gasteiger partial charge is 0.469 e. The third-order valence-electron chi connectivity index (χ3n) is 7.67. The Bertz CT molecular complexity index is 1400. The Kier molecular flexibility index (Phi) is 8.57. The van der Waals surface area contributed by atoms with Crippen molar-refractivity contribution >= 4 is 32.8 Å². The van der Waals surface area contributed by atoms with Crippen molar-refractivity contribution in [3.8, 4) is 11.3 Å². The smallest absolute Gasteiger partial charge is 0.305 e. The molecule has 1 heterocycles. The summed E-state index contributed by atoms with van der Waals surface area (Å²) in [4.78, 5) is 25.8. The van der Waals surface area contributed by atoms with Crippen molar-refractivity contribution in [1.29, 1.82) is 0 Å². The van der Waals surface area contributed by atoms with Gasteiger partial charge in [-0.1, -0.05) is 30.3 Å². The first kappa shape index (κ1) is 27.9. The second kappa shape index (κ2) is 11.7. The van der Waals surface area contributed by atoms with Gasteiger partial charge in [-0.15, -0.1) is 0 Å². The monoisotopic (exact) mass is 539 g/mol. The van der Waals surface area contributed by atoms with Crippen molar-refractivity contribution in [2.75, 3.05) is 20.7 Å². The SMILES string of the molecule is CCN(C)C(=O)C1CCC(NS(=O)(=O)c2ccc3cc(-c4ccc(CCC(=O)OC)cc4)n(C)c3c2)CC1. The van der Waals surface area contributed by atoms with Gasteiger partial charge in [0.2, 0.25) is 15.9 Å². The minimum absolute atomic E-state index is 0.0271. The molecule has 2 aromatic carbocycles. The van der Waals surface area contributed by atoms with Crippen LogP contribution in [0.4, 0.5) is 0 Å². The van der Waals surface area contributed by atoms with E-state index in [-0.39, 0.29) is 28.7 Å². The molecule has 1 aliphatic carbocycles. The number of carbonyl (C=O) groups is 2. The highest BCUT2D eigenvalue weighted by Gasteiger charge is 2.30. The summed E-state index contributed by atoms with van der Waals surface area (Å²) in [5.74, 6) is -0.110. The first-order valence-corrected chi connectivity index (χ1v) is 14.6. The molecule has 0 bridgehead atoms. The Labute approximate surface area is 225 Å². The number of fused-ring (bicyclic) bond motifs is 1.